The highest BCUT2D eigenvalue weighted by Crippen LogP contribution is 2.61. The molecular formula is C34H44N2O5. The molecule has 1 aliphatic heterocycles. The first-order chi connectivity index (χ1) is 19.4. The van der Waals surface area contributed by atoms with Gasteiger partial charge in [-0.2, -0.15) is 5.06 Å². The van der Waals surface area contributed by atoms with Gasteiger partial charge in [0.15, 0.2) is 0 Å². The fourth-order valence-electron chi connectivity index (χ4n) is 7.37. The molecule has 3 saturated carbocycles. The Hall–Kier alpha value is -2.73. The number of aliphatic hydroxyl groups excluding tert-OH is 2. The van der Waals surface area contributed by atoms with Crippen molar-refractivity contribution in [3.63, 3.8) is 0 Å². The molecule has 4 N–H and O–H groups in total. The Kier molecular flexibility index (Phi) is 8.35. The van der Waals surface area contributed by atoms with Crippen LogP contribution in [0, 0.1) is 40.9 Å². The number of aliphatic hydroxyl groups is 3. The number of carbonyl (C=O) groups excluding carboxylic acids is 1. The second kappa shape index (κ2) is 11.5. The number of hydroxylamine groups is 2. The average molecular weight is 561 g/mol. The Labute approximate surface area is 243 Å². The number of fused-ring (bicyclic) bond motifs is 2. The molecule has 4 fully saturated rings. The lowest BCUT2D eigenvalue weighted by Gasteiger charge is -2.62. The monoisotopic (exact) mass is 560 g/mol. The van der Waals surface area contributed by atoms with Crippen LogP contribution in [0.5, 0.6) is 0 Å². The van der Waals surface area contributed by atoms with E-state index in [1.165, 1.54) is 6.42 Å². The predicted octanol–water partition coefficient (Wildman–Crippen LogP) is 3.61. The zero-order chi connectivity index (χ0) is 29.5. The van der Waals surface area contributed by atoms with Gasteiger partial charge in [0, 0.05) is 17.5 Å². The summed E-state index contributed by atoms with van der Waals surface area (Å²) in [6.07, 6.45) is 0.631. The number of amides is 1. The quantitative estimate of drug-likeness (QED) is 0.386. The van der Waals surface area contributed by atoms with Crippen LogP contribution in [0.25, 0.3) is 0 Å². The number of hydrogen-bond donors (Lipinski definition) is 4. The van der Waals surface area contributed by atoms with Crippen LogP contribution in [0.1, 0.15) is 64.2 Å². The van der Waals surface area contributed by atoms with E-state index in [0.717, 1.165) is 23.1 Å². The van der Waals surface area contributed by atoms with Gasteiger partial charge in [-0.05, 0) is 73.1 Å². The third kappa shape index (κ3) is 5.82. The van der Waals surface area contributed by atoms with Gasteiger partial charge in [0.05, 0.1) is 19.3 Å². The van der Waals surface area contributed by atoms with Crippen LogP contribution in [0.15, 0.2) is 54.6 Å². The molecule has 0 radical (unpaired) electrons. The topological polar surface area (TPSA) is 102 Å². The van der Waals surface area contributed by atoms with Crippen molar-refractivity contribution in [3.05, 3.63) is 71.3 Å². The van der Waals surface area contributed by atoms with E-state index in [1.54, 1.807) is 18.9 Å². The molecule has 4 aliphatic rings. The van der Waals surface area contributed by atoms with E-state index >= 15 is 0 Å². The summed E-state index contributed by atoms with van der Waals surface area (Å²) in [7, 11) is 0. The molecule has 2 aromatic rings. The highest BCUT2D eigenvalue weighted by Gasteiger charge is 2.57. The van der Waals surface area contributed by atoms with E-state index < -0.39 is 29.8 Å². The highest BCUT2D eigenvalue weighted by molar-refractivity contribution is 5.82. The summed E-state index contributed by atoms with van der Waals surface area (Å²) in [5.41, 5.74) is 1.32. The molecule has 7 nitrogen and oxygen atoms in total. The lowest BCUT2D eigenvalue weighted by Crippen LogP contribution is -2.62. The standard InChI is InChI=1S/C34H44N2O5/c1-21-28-17-26(33(28,3)4)18-29(21)35-32(39)30-27(20-37)31(22(2)38)41-36(30)19-24-11-9-10-23(16-24)14-15-34(5,40)25-12-7-6-8-13-25/h6-13,16,21-22,26-31,37-38,40H,17-20H2,1-5H3,(H,35,39)/t21-,22-,26+,27-,28-,29-,30-,31-,34?/m0/s1. The third-order valence-corrected chi connectivity index (χ3v) is 10.1. The number of nitrogens with zero attached hydrogens (tertiary/aromatic N) is 1. The second-order valence-electron chi connectivity index (χ2n) is 13.1. The van der Waals surface area contributed by atoms with Crippen molar-refractivity contribution in [2.75, 3.05) is 6.61 Å². The van der Waals surface area contributed by atoms with E-state index in [0.29, 0.717) is 23.2 Å². The molecule has 2 bridgehead atoms. The summed E-state index contributed by atoms with van der Waals surface area (Å²) < 4.78 is 0. The SMILES string of the molecule is C[C@@H]1[C@@H](NC(=O)[C@@H]2[C@H](CO)[C@H]([C@H](C)O)ON2Cc2cccc(C#CC(C)(O)c3ccccc3)c2)C[C@H]2C[C@@H]1C2(C)C. The van der Waals surface area contributed by atoms with E-state index in [2.05, 4.69) is 37.9 Å². The fourth-order valence-corrected chi connectivity index (χ4v) is 7.37. The Morgan fingerprint density at radius 1 is 1.20 bits per heavy atom. The van der Waals surface area contributed by atoms with Crippen LogP contribution in [0.4, 0.5) is 0 Å². The van der Waals surface area contributed by atoms with Crippen molar-refractivity contribution < 1.29 is 25.0 Å². The van der Waals surface area contributed by atoms with Crippen molar-refractivity contribution >= 4 is 5.91 Å². The Bertz CT molecular complexity index is 1300. The van der Waals surface area contributed by atoms with E-state index in [4.69, 9.17) is 4.84 Å². The lowest BCUT2D eigenvalue weighted by atomic mass is 9.45. The van der Waals surface area contributed by atoms with Crippen molar-refractivity contribution in [1.82, 2.24) is 10.4 Å². The molecule has 1 amide bonds. The summed E-state index contributed by atoms with van der Waals surface area (Å²) in [6.45, 7) is 10.2. The lowest BCUT2D eigenvalue weighted by molar-refractivity contribution is -0.193. The maximum atomic E-state index is 13.8. The summed E-state index contributed by atoms with van der Waals surface area (Å²) in [5.74, 6) is 6.89. The minimum Gasteiger partial charge on any atom is -0.396 e. The van der Waals surface area contributed by atoms with Crippen LogP contribution in [-0.4, -0.2) is 57.2 Å². The van der Waals surface area contributed by atoms with Crippen molar-refractivity contribution in [2.24, 2.45) is 29.1 Å². The Morgan fingerprint density at radius 2 is 1.93 bits per heavy atom. The minimum atomic E-state index is -1.30. The molecule has 0 aromatic heterocycles. The van der Waals surface area contributed by atoms with Gasteiger partial charge in [0.1, 0.15) is 17.7 Å². The normalized spacial score (nSPS) is 32.6. The van der Waals surface area contributed by atoms with Gasteiger partial charge in [-0.3, -0.25) is 9.63 Å². The molecule has 2 aromatic carbocycles. The van der Waals surface area contributed by atoms with Gasteiger partial charge in [0.25, 0.3) is 0 Å². The van der Waals surface area contributed by atoms with Gasteiger partial charge in [-0.1, -0.05) is 75.1 Å². The molecule has 41 heavy (non-hydrogen) atoms. The first kappa shape index (κ1) is 29.8. The van der Waals surface area contributed by atoms with Crippen LogP contribution in [0.2, 0.25) is 0 Å². The van der Waals surface area contributed by atoms with Crippen LogP contribution in [0.3, 0.4) is 0 Å². The molecule has 9 atom stereocenters. The summed E-state index contributed by atoms with van der Waals surface area (Å²) in [6, 6.07) is 16.3. The smallest absolute Gasteiger partial charge is 0.240 e. The number of rotatable bonds is 7. The zero-order valence-electron chi connectivity index (χ0n) is 24.7. The maximum Gasteiger partial charge on any atom is 0.240 e. The van der Waals surface area contributed by atoms with Gasteiger partial charge >= 0.3 is 0 Å². The zero-order valence-corrected chi connectivity index (χ0v) is 24.7. The molecule has 6 rings (SSSR count). The molecular weight excluding hydrogens is 516 g/mol. The largest absolute Gasteiger partial charge is 0.396 e. The molecule has 1 saturated heterocycles. The first-order valence-electron chi connectivity index (χ1n) is 14.8. The van der Waals surface area contributed by atoms with Crippen LogP contribution in [-0.2, 0) is 21.8 Å². The number of carbonyl (C=O) groups is 1. The molecule has 0 spiro atoms. The average Bonchev–Trinajstić information content (AvgIpc) is 3.32. The molecule has 3 aliphatic carbocycles. The van der Waals surface area contributed by atoms with E-state index in [-0.39, 0.29) is 25.1 Å². The van der Waals surface area contributed by atoms with Gasteiger partial charge in [-0.15, -0.1) is 0 Å². The maximum absolute atomic E-state index is 13.8. The number of benzene rings is 2. The van der Waals surface area contributed by atoms with Gasteiger partial charge in [0.2, 0.25) is 5.91 Å². The fraction of sp³-hybridized carbons (Fsp3) is 0.559. The minimum absolute atomic E-state index is 0.0853. The van der Waals surface area contributed by atoms with Crippen molar-refractivity contribution in [1.29, 1.82) is 0 Å². The number of hydrogen-bond acceptors (Lipinski definition) is 6. The van der Waals surface area contributed by atoms with Crippen LogP contribution >= 0.6 is 0 Å². The van der Waals surface area contributed by atoms with Crippen molar-refractivity contribution in [3.8, 4) is 11.8 Å². The van der Waals surface area contributed by atoms with E-state index in [1.807, 2.05) is 54.6 Å². The predicted molar refractivity (Wildman–Crippen MR) is 157 cm³/mol. The molecule has 1 unspecified atom stereocenters. The summed E-state index contributed by atoms with van der Waals surface area (Å²) in [5, 5.41) is 36.6. The third-order valence-electron chi connectivity index (χ3n) is 10.1. The summed E-state index contributed by atoms with van der Waals surface area (Å²) in [4.78, 5) is 20.0. The van der Waals surface area contributed by atoms with Gasteiger partial charge < -0.3 is 20.6 Å². The van der Waals surface area contributed by atoms with E-state index in [9.17, 15) is 20.1 Å². The molecule has 1 heterocycles. The van der Waals surface area contributed by atoms with Crippen LogP contribution < -0.4 is 5.32 Å². The second-order valence-corrected chi connectivity index (χ2v) is 13.1. The molecule has 7 heteroatoms. The Morgan fingerprint density at radius 3 is 2.56 bits per heavy atom. The summed E-state index contributed by atoms with van der Waals surface area (Å²) >= 11 is 0. The van der Waals surface area contributed by atoms with Crippen molar-refractivity contribution in [2.45, 2.75) is 83.9 Å². The number of nitrogens with one attached hydrogen (secondary N) is 1. The van der Waals surface area contributed by atoms with Gasteiger partial charge in [-0.25, -0.2) is 0 Å². The molecule has 220 valence electrons. The first-order valence-corrected chi connectivity index (χ1v) is 14.8. The Balaban J connectivity index is 1.34. The highest BCUT2D eigenvalue weighted by atomic mass is 16.7.